The van der Waals surface area contributed by atoms with E-state index in [2.05, 4.69) is 25.7 Å². The van der Waals surface area contributed by atoms with E-state index in [1.807, 2.05) is 0 Å². The highest BCUT2D eigenvalue weighted by molar-refractivity contribution is 4.95. The lowest BCUT2D eigenvalue weighted by atomic mass is 9.79. The van der Waals surface area contributed by atoms with Crippen molar-refractivity contribution in [3.05, 3.63) is 0 Å². The maximum atomic E-state index is 2.89. The van der Waals surface area contributed by atoms with Gasteiger partial charge in [-0.05, 0) is 44.1 Å². The molecule has 0 aromatic heterocycles. The summed E-state index contributed by atoms with van der Waals surface area (Å²) in [6.45, 7) is 8.68. The Hall–Kier alpha value is -0.0400. The number of unbranched alkanes of at least 4 members (excludes halogenated alkanes) is 4. The molecule has 4 atom stereocenters. The highest BCUT2D eigenvalue weighted by Gasteiger charge is 2.40. The van der Waals surface area contributed by atoms with E-state index in [4.69, 9.17) is 0 Å². The maximum absolute atomic E-state index is 2.89. The van der Waals surface area contributed by atoms with E-state index in [-0.39, 0.29) is 0 Å². The molecule has 0 radical (unpaired) electrons. The van der Waals surface area contributed by atoms with Crippen molar-refractivity contribution in [3.63, 3.8) is 0 Å². The molecule has 106 valence electrons. The van der Waals surface area contributed by atoms with Crippen LogP contribution in [-0.2, 0) is 0 Å². The molecule has 0 spiro atoms. The number of piperidine rings is 1. The van der Waals surface area contributed by atoms with Crippen LogP contribution in [-0.4, -0.2) is 23.5 Å². The quantitative estimate of drug-likeness (QED) is 0.610. The average Bonchev–Trinajstić information content (AvgIpc) is 2.82. The van der Waals surface area contributed by atoms with Crippen molar-refractivity contribution < 1.29 is 0 Å². The lowest BCUT2D eigenvalue weighted by molar-refractivity contribution is 0.0344. The van der Waals surface area contributed by atoms with Gasteiger partial charge in [0.2, 0.25) is 0 Å². The average molecular weight is 251 g/mol. The van der Waals surface area contributed by atoms with E-state index in [1.54, 1.807) is 0 Å². The van der Waals surface area contributed by atoms with Crippen LogP contribution in [0, 0.1) is 11.8 Å². The molecular formula is C17H33N. The number of nitrogens with zero attached hydrogens (tertiary/aromatic N) is 1. The Morgan fingerprint density at radius 1 is 1.00 bits per heavy atom. The first-order valence-corrected chi connectivity index (χ1v) is 8.49. The van der Waals surface area contributed by atoms with Gasteiger partial charge in [0.15, 0.2) is 0 Å². The molecule has 2 rings (SSSR count). The fourth-order valence-corrected chi connectivity index (χ4v) is 4.47. The molecule has 1 heteroatoms. The lowest BCUT2D eigenvalue weighted by Gasteiger charge is -2.45. The second-order valence-electron chi connectivity index (χ2n) is 6.91. The van der Waals surface area contributed by atoms with E-state index in [9.17, 15) is 0 Å². The highest BCUT2D eigenvalue weighted by Crippen LogP contribution is 2.39. The zero-order valence-corrected chi connectivity index (χ0v) is 12.8. The molecule has 0 N–H and O–H groups in total. The zero-order valence-electron chi connectivity index (χ0n) is 12.8. The molecule has 0 saturated carbocycles. The molecule has 4 unspecified atom stereocenters. The molecule has 0 aromatic rings. The number of fused-ring (bicyclic) bond motifs is 1. The van der Waals surface area contributed by atoms with Crippen LogP contribution in [0.4, 0.5) is 0 Å². The monoisotopic (exact) mass is 251 g/mol. The van der Waals surface area contributed by atoms with Crippen LogP contribution < -0.4 is 0 Å². The molecule has 2 saturated heterocycles. The summed E-state index contributed by atoms with van der Waals surface area (Å²) < 4.78 is 0. The molecule has 2 fully saturated rings. The summed E-state index contributed by atoms with van der Waals surface area (Å²) in [5.74, 6) is 1.87. The number of hydrogen-bond donors (Lipinski definition) is 0. The topological polar surface area (TPSA) is 3.24 Å². The minimum Gasteiger partial charge on any atom is -0.297 e. The van der Waals surface area contributed by atoms with Gasteiger partial charge < -0.3 is 0 Å². The zero-order chi connectivity index (χ0) is 13.0. The Morgan fingerprint density at radius 2 is 1.78 bits per heavy atom. The van der Waals surface area contributed by atoms with Crippen LogP contribution >= 0.6 is 0 Å². The summed E-state index contributed by atoms with van der Waals surface area (Å²) in [5.41, 5.74) is 0. The first kappa shape index (κ1) is 14.4. The molecule has 2 heterocycles. The Kier molecular flexibility index (Phi) is 5.54. The van der Waals surface area contributed by atoms with Gasteiger partial charge in [-0.1, -0.05) is 52.9 Å². The SMILES string of the molecule is CCCCCCCC1C(C)CC(C)C2CCCN12. The molecule has 18 heavy (non-hydrogen) atoms. The highest BCUT2D eigenvalue weighted by atomic mass is 15.2. The lowest BCUT2D eigenvalue weighted by Crippen LogP contribution is -2.50. The summed E-state index contributed by atoms with van der Waals surface area (Å²) >= 11 is 0. The molecule has 0 amide bonds. The molecule has 0 aromatic carbocycles. The maximum Gasteiger partial charge on any atom is 0.0124 e. The summed E-state index contributed by atoms with van der Waals surface area (Å²) in [4.78, 5) is 2.89. The second kappa shape index (κ2) is 6.93. The fraction of sp³-hybridized carbons (Fsp3) is 1.00. The first-order valence-electron chi connectivity index (χ1n) is 8.49. The third-order valence-electron chi connectivity index (χ3n) is 5.43. The van der Waals surface area contributed by atoms with Crippen LogP contribution in [0.3, 0.4) is 0 Å². The summed E-state index contributed by atoms with van der Waals surface area (Å²) in [6, 6.07) is 1.84. The van der Waals surface area contributed by atoms with E-state index in [1.165, 1.54) is 64.3 Å². The van der Waals surface area contributed by atoms with E-state index >= 15 is 0 Å². The fourth-order valence-electron chi connectivity index (χ4n) is 4.47. The standard InChI is InChI=1S/C17H33N/c1-4-5-6-7-8-10-16-14(2)13-15(3)17-11-9-12-18(16)17/h14-17H,4-13H2,1-3H3. The Morgan fingerprint density at radius 3 is 2.56 bits per heavy atom. The van der Waals surface area contributed by atoms with Gasteiger partial charge in [0, 0.05) is 12.1 Å². The summed E-state index contributed by atoms with van der Waals surface area (Å²) in [7, 11) is 0. The second-order valence-corrected chi connectivity index (χ2v) is 6.91. The Bertz CT molecular complexity index is 238. The molecular weight excluding hydrogens is 218 g/mol. The van der Waals surface area contributed by atoms with Gasteiger partial charge in [0.25, 0.3) is 0 Å². The van der Waals surface area contributed by atoms with Crippen LogP contribution in [0.15, 0.2) is 0 Å². The number of hydrogen-bond acceptors (Lipinski definition) is 1. The van der Waals surface area contributed by atoms with Gasteiger partial charge in [0.1, 0.15) is 0 Å². The third kappa shape index (κ3) is 3.29. The summed E-state index contributed by atoms with van der Waals surface area (Å²) in [6.07, 6.45) is 13.0. The summed E-state index contributed by atoms with van der Waals surface area (Å²) in [5, 5.41) is 0. The van der Waals surface area contributed by atoms with Gasteiger partial charge in [-0.25, -0.2) is 0 Å². The van der Waals surface area contributed by atoms with Crippen LogP contribution in [0.5, 0.6) is 0 Å². The van der Waals surface area contributed by atoms with Crippen molar-refractivity contribution in [2.75, 3.05) is 6.54 Å². The largest absolute Gasteiger partial charge is 0.297 e. The van der Waals surface area contributed by atoms with Gasteiger partial charge in [-0.15, -0.1) is 0 Å². The van der Waals surface area contributed by atoms with E-state index < -0.39 is 0 Å². The van der Waals surface area contributed by atoms with Crippen molar-refractivity contribution in [2.45, 2.75) is 90.6 Å². The first-order chi connectivity index (χ1) is 8.74. The van der Waals surface area contributed by atoms with Gasteiger partial charge in [-0.3, -0.25) is 4.90 Å². The van der Waals surface area contributed by atoms with E-state index in [0.29, 0.717) is 0 Å². The van der Waals surface area contributed by atoms with Gasteiger partial charge >= 0.3 is 0 Å². The van der Waals surface area contributed by atoms with Crippen molar-refractivity contribution in [1.29, 1.82) is 0 Å². The van der Waals surface area contributed by atoms with Crippen molar-refractivity contribution >= 4 is 0 Å². The molecule has 0 bridgehead atoms. The van der Waals surface area contributed by atoms with E-state index in [0.717, 1.165) is 23.9 Å². The predicted octanol–water partition coefficient (Wildman–Crippen LogP) is 4.86. The van der Waals surface area contributed by atoms with Crippen LogP contribution in [0.1, 0.15) is 78.6 Å². The number of rotatable bonds is 6. The molecule has 2 aliphatic rings. The Labute approximate surface area is 114 Å². The normalized spacial score (nSPS) is 36.8. The van der Waals surface area contributed by atoms with Crippen molar-refractivity contribution in [1.82, 2.24) is 4.90 Å². The van der Waals surface area contributed by atoms with Gasteiger partial charge in [0.05, 0.1) is 0 Å². The molecule has 0 aliphatic carbocycles. The van der Waals surface area contributed by atoms with Gasteiger partial charge in [-0.2, -0.15) is 0 Å². The van der Waals surface area contributed by atoms with Crippen molar-refractivity contribution in [3.8, 4) is 0 Å². The van der Waals surface area contributed by atoms with Crippen LogP contribution in [0.2, 0.25) is 0 Å². The Balaban J connectivity index is 1.79. The predicted molar refractivity (Wildman–Crippen MR) is 79.8 cm³/mol. The van der Waals surface area contributed by atoms with Crippen LogP contribution in [0.25, 0.3) is 0 Å². The molecule has 2 aliphatic heterocycles. The smallest absolute Gasteiger partial charge is 0.0124 e. The minimum absolute atomic E-state index is 0.912. The third-order valence-corrected chi connectivity index (χ3v) is 5.43. The van der Waals surface area contributed by atoms with Crippen molar-refractivity contribution in [2.24, 2.45) is 11.8 Å². The molecule has 1 nitrogen and oxygen atoms in total. The minimum atomic E-state index is 0.912.